The van der Waals surface area contributed by atoms with Crippen LogP contribution in [0.1, 0.15) is 18.4 Å². The lowest BCUT2D eigenvalue weighted by molar-refractivity contribution is -0.145. The van der Waals surface area contributed by atoms with Gasteiger partial charge in [-0.2, -0.15) is 0 Å². The fraction of sp³-hybridized carbons (Fsp3) is 0.429. The predicted molar refractivity (Wildman–Crippen MR) is 79.8 cm³/mol. The zero-order valence-corrected chi connectivity index (χ0v) is 12.7. The summed E-state index contributed by atoms with van der Waals surface area (Å²) < 4.78 is 1.15. The molecule has 1 aliphatic rings. The molecule has 0 spiro atoms. The monoisotopic (exact) mass is 373 g/mol. The number of nitrogens with zero attached hydrogens (tertiary/aromatic N) is 1. The average Bonchev–Trinajstić information content (AvgIpc) is 2.41. The molecule has 1 aromatic rings. The first-order valence-electron chi connectivity index (χ1n) is 6.31. The summed E-state index contributed by atoms with van der Waals surface area (Å²) in [6, 6.07) is 7.90. The summed E-state index contributed by atoms with van der Waals surface area (Å²) >= 11 is 2.23. The Kier molecular flexibility index (Phi) is 4.79. The number of carbonyl (C=O) groups excluding carboxylic acids is 1. The molecule has 0 atom stereocenters. The van der Waals surface area contributed by atoms with E-state index in [9.17, 15) is 9.59 Å². The van der Waals surface area contributed by atoms with Crippen LogP contribution in [0, 0.1) is 9.49 Å². The second-order valence-corrected chi connectivity index (χ2v) is 6.04. The molecule has 0 aliphatic carbocycles. The minimum Gasteiger partial charge on any atom is -0.481 e. The topological polar surface area (TPSA) is 57.6 Å². The van der Waals surface area contributed by atoms with Crippen LogP contribution in [0.15, 0.2) is 24.3 Å². The highest BCUT2D eigenvalue weighted by Crippen LogP contribution is 2.18. The lowest BCUT2D eigenvalue weighted by Crippen LogP contribution is -2.40. The Morgan fingerprint density at radius 2 is 1.79 bits per heavy atom. The molecule has 1 aliphatic heterocycles. The third-order valence-electron chi connectivity index (χ3n) is 3.47. The fourth-order valence-electron chi connectivity index (χ4n) is 2.26. The third kappa shape index (κ3) is 3.92. The third-order valence-corrected chi connectivity index (χ3v) is 4.18. The van der Waals surface area contributed by atoms with Crippen molar-refractivity contribution < 1.29 is 14.7 Å². The van der Waals surface area contributed by atoms with Crippen LogP contribution >= 0.6 is 22.6 Å². The maximum Gasteiger partial charge on any atom is 0.306 e. The molecule has 4 nitrogen and oxygen atoms in total. The highest BCUT2D eigenvalue weighted by atomic mass is 127. The van der Waals surface area contributed by atoms with Gasteiger partial charge in [-0.05, 0) is 53.1 Å². The summed E-state index contributed by atoms with van der Waals surface area (Å²) in [4.78, 5) is 24.7. The number of carbonyl (C=O) groups is 2. The van der Waals surface area contributed by atoms with E-state index >= 15 is 0 Å². The van der Waals surface area contributed by atoms with E-state index in [0.717, 1.165) is 9.13 Å². The van der Waals surface area contributed by atoms with Gasteiger partial charge in [0, 0.05) is 16.7 Å². The van der Waals surface area contributed by atoms with E-state index in [1.165, 1.54) is 0 Å². The molecule has 1 N–H and O–H groups in total. The van der Waals surface area contributed by atoms with E-state index in [1.807, 2.05) is 24.3 Å². The Balaban J connectivity index is 1.88. The van der Waals surface area contributed by atoms with Gasteiger partial charge in [-0.3, -0.25) is 9.59 Å². The van der Waals surface area contributed by atoms with Gasteiger partial charge >= 0.3 is 5.97 Å². The van der Waals surface area contributed by atoms with Crippen LogP contribution in [0.4, 0.5) is 0 Å². The molecule has 0 saturated carbocycles. The molecule has 1 fully saturated rings. The maximum atomic E-state index is 12.1. The Labute approximate surface area is 125 Å². The molecule has 19 heavy (non-hydrogen) atoms. The Morgan fingerprint density at radius 3 is 2.32 bits per heavy atom. The number of halogens is 1. The molecule has 5 heteroatoms. The molecular weight excluding hydrogens is 357 g/mol. The average molecular weight is 373 g/mol. The van der Waals surface area contributed by atoms with Crippen LogP contribution in [0.25, 0.3) is 0 Å². The highest BCUT2D eigenvalue weighted by molar-refractivity contribution is 14.1. The molecule has 1 amide bonds. The van der Waals surface area contributed by atoms with Crippen molar-refractivity contribution >= 4 is 34.5 Å². The molecule has 2 rings (SSSR count). The number of hydrogen-bond acceptors (Lipinski definition) is 2. The second kappa shape index (κ2) is 6.36. The largest absolute Gasteiger partial charge is 0.481 e. The van der Waals surface area contributed by atoms with Gasteiger partial charge in [0.1, 0.15) is 0 Å². The van der Waals surface area contributed by atoms with Crippen LogP contribution in [0.5, 0.6) is 0 Å². The van der Waals surface area contributed by atoms with E-state index in [2.05, 4.69) is 22.6 Å². The molecule has 0 aromatic heterocycles. The number of benzene rings is 1. The van der Waals surface area contributed by atoms with Gasteiger partial charge in [-0.25, -0.2) is 0 Å². The van der Waals surface area contributed by atoms with Crippen LogP contribution < -0.4 is 0 Å². The Hall–Kier alpha value is -1.11. The fourth-order valence-corrected chi connectivity index (χ4v) is 2.62. The van der Waals surface area contributed by atoms with Crippen LogP contribution in [0.2, 0.25) is 0 Å². The Morgan fingerprint density at radius 1 is 1.21 bits per heavy atom. The summed E-state index contributed by atoms with van der Waals surface area (Å²) in [7, 11) is 0. The van der Waals surface area contributed by atoms with Gasteiger partial charge in [0.25, 0.3) is 0 Å². The van der Waals surface area contributed by atoms with Gasteiger partial charge < -0.3 is 10.0 Å². The van der Waals surface area contributed by atoms with Crippen molar-refractivity contribution in [2.24, 2.45) is 5.92 Å². The number of likely N-dealkylation sites (tertiary alicyclic amines) is 1. The molecule has 1 saturated heterocycles. The smallest absolute Gasteiger partial charge is 0.306 e. The first kappa shape index (κ1) is 14.3. The van der Waals surface area contributed by atoms with Crippen molar-refractivity contribution in [3.63, 3.8) is 0 Å². The van der Waals surface area contributed by atoms with Crippen molar-refractivity contribution in [3.05, 3.63) is 33.4 Å². The van der Waals surface area contributed by atoms with E-state index < -0.39 is 5.97 Å². The zero-order valence-electron chi connectivity index (χ0n) is 10.5. The standard InChI is InChI=1S/C14H16INO3/c15-12-3-1-10(2-4-12)9-13(17)16-7-5-11(6-8-16)14(18)19/h1-4,11H,5-9H2,(H,18,19). The number of carboxylic acids is 1. The highest BCUT2D eigenvalue weighted by Gasteiger charge is 2.26. The van der Waals surface area contributed by atoms with E-state index in [-0.39, 0.29) is 11.8 Å². The van der Waals surface area contributed by atoms with Crippen molar-refractivity contribution in [2.45, 2.75) is 19.3 Å². The lowest BCUT2D eigenvalue weighted by Gasteiger charge is -2.30. The number of amides is 1. The number of carboxylic acid groups (broad SMARTS) is 1. The van der Waals surface area contributed by atoms with Gasteiger partial charge in [0.2, 0.25) is 5.91 Å². The first-order valence-corrected chi connectivity index (χ1v) is 7.39. The zero-order chi connectivity index (χ0) is 13.8. The van der Waals surface area contributed by atoms with E-state index in [4.69, 9.17) is 5.11 Å². The summed E-state index contributed by atoms with van der Waals surface area (Å²) in [5.74, 6) is -0.947. The molecule has 0 unspecified atom stereocenters. The number of hydrogen-bond donors (Lipinski definition) is 1. The molecular formula is C14H16INO3. The van der Waals surface area contributed by atoms with Crippen molar-refractivity contribution in [1.29, 1.82) is 0 Å². The Bertz CT molecular complexity index is 464. The van der Waals surface area contributed by atoms with Crippen LogP contribution in [0.3, 0.4) is 0 Å². The number of aliphatic carboxylic acids is 1. The van der Waals surface area contributed by atoms with Gasteiger partial charge in [0.15, 0.2) is 0 Å². The summed E-state index contributed by atoms with van der Waals surface area (Å²) in [6.07, 6.45) is 1.52. The van der Waals surface area contributed by atoms with Crippen molar-refractivity contribution in [1.82, 2.24) is 4.90 Å². The molecule has 0 bridgehead atoms. The molecule has 0 radical (unpaired) electrons. The summed E-state index contributed by atoms with van der Waals surface area (Å²) in [5, 5.41) is 8.92. The van der Waals surface area contributed by atoms with Crippen LogP contribution in [-0.2, 0) is 16.0 Å². The molecule has 1 aromatic carbocycles. The maximum absolute atomic E-state index is 12.1. The van der Waals surface area contributed by atoms with E-state index in [1.54, 1.807) is 4.90 Å². The number of piperidine rings is 1. The number of rotatable bonds is 3. The first-order chi connectivity index (χ1) is 9.06. The van der Waals surface area contributed by atoms with Crippen molar-refractivity contribution in [2.75, 3.05) is 13.1 Å². The van der Waals surface area contributed by atoms with Crippen LogP contribution in [-0.4, -0.2) is 35.0 Å². The van der Waals surface area contributed by atoms with Gasteiger partial charge in [0.05, 0.1) is 12.3 Å². The summed E-state index contributed by atoms with van der Waals surface area (Å²) in [5.41, 5.74) is 1.01. The minimum absolute atomic E-state index is 0.0880. The van der Waals surface area contributed by atoms with Crippen molar-refractivity contribution in [3.8, 4) is 0 Å². The predicted octanol–water partition coefficient (Wildman–Crippen LogP) is 2.16. The van der Waals surface area contributed by atoms with Gasteiger partial charge in [-0.15, -0.1) is 0 Å². The SMILES string of the molecule is O=C(O)C1CCN(C(=O)Cc2ccc(I)cc2)CC1. The molecule has 1 heterocycles. The minimum atomic E-state index is -0.746. The molecule has 102 valence electrons. The van der Waals surface area contributed by atoms with E-state index in [0.29, 0.717) is 32.4 Å². The quantitative estimate of drug-likeness (QED) is 0.827. The second-order valence-electron chi connectivity index (χ2n) is 4.80. The lowest BCUT2D eigenvalue weighted by atomic mass is 9.96. The van der Waals surface area contributed by atoms with Gasteiger partial charge in [-0.1, -0.05) is 12.1 Å². The summed E-state index contributed by atoms with van der Waals surface area (Å²) in [6.45, 7) is 1.11. The normalized spacial score (nSPS) is 16.4.